The van der Waals surface area contributed by atoms with E-state index in [1.807, 2.05) is 22.9 Å². The summed E-state index contributed by atoms with van der Waals surface area (Å²) in [5.74, 6) is -1.32. The lowest BCUT2D eigenvalue weighted by molar-refractivity contribution is -0.139. The largest absolute Gasteiger partial charge is 0.388 e. The number of aryl methyl sites for hydroxylation is 1. The summed E-state index contributed by atoms with van der Waals surface area (Å²) in [6.07, 6.45) is 2.64. The molecular weight excluding hydrogens is 250 g/mol. The minimum atomic E-state index is -0.556. The van der Waals surface area contributed by atoms with E-state index in [-0.39, 0.29) is 5.92 Å². The molecule has 0 fully saturated rings. The van der Waals surface area contributed by atoms with Crippen molar-refractivity contribution in [2.45, 2.75) is 18.9 Å². The first kappa shape index (κ1) is 11.2. The molecule has 2 aromatic rings. The van der Waals surface area contributed by atoms with E-state index in [1.54, 1.807) is 17.5 Å². The third-order valence-electron chi connectivity index (χ3n) is 3.08. The molecule has 4 nitrogen and oxygen atoms in total. The van der Waals surface area contributed by atoms with Crippen molar-refractivity contribution < 1.29 is 14.3 Å². The molecule has 1 atom stereocenters. The first-order valence-electron chi connectivity index (χ1n) is 5.70. The zero-order chi connectivity index (χ0) is 12.5. The van der Waals surface area contributed by atoms with Gasteiger partial charge in [-0.05, 0) is 30.0 Å². The molecule has 18 heavy (non-hydrogen) atoms. The summed E-state index contributed by atoms with van der Waals surface area (Å²) in [5, 5.41) is 1.78. The van der Waals surface area contributed by atoms with Gasteiger partial charge in [0.25, 0.3) is 0 Å². The van der Waals surface area contributed by atoms with Crippen LogP contribution in [0, 0.1) is 0 Å². The second-order valence-corrected chi connectivity index (χ2v) is 5.10. The zero-order valence-corrected chi connectivity index (χ0v) is 10.4. The lowest BCUT2D eigenvalue weighted by Gasteiger charge is -2.07. The molecule has 1 aliphatic heterocycles. The standard InChI is InChI=1S/C13H11NO3S/c15-12(17-13(16)11-4-2-8-18-11)9-5-7-14-6-1-3-10(9)14/h1-4,6,8-9H,5,7H2. The first-order chi connectivity index (χ1) is 8.75. The van der Waals surface area contributed by atoms with Crippen molar-refractivity contribution in [3.05, 3.63) is 46.4 Å². The molecule has 0 spiro atoms. The number of ether oxygens (including phenoxy) is 1. The van der Waals surface area contributed by atoms with Crippen LogP contribution < -0.4 is 0 Å². The van der Waals surface area contributed by atoms with Gasteiger partial charge in [-0.3, -0.25) is 4.79 Å². The molecule has 1 aliphatic rings. The number of hydrogen-bond donors (Lipinski definition) is 0. The summed E-state index contributed by atoms with van der Waals surface area (Å²) in [7, 11) is 0. The Hall–Kier alpha value is -1.88. The second kappa shape index (κ2) is 4.42. The van der Waals surface area contributed by atoms with Crippen LogP contribution in [0.15, 0.2) is 35.8 Å². The molecule has 0 saturated heterocycles. The van der Waals surface area contributed by atoms with Gasteiger partial charge in [0.2, 0.25) is 0 Å². The lowest BCUT2D eigenvalue weighted by Crippen LogP contribution is -2.17. The molecule has 0 saturated carbocycles. The molecule has 0 aromatic carbocycles. The third kappa shape index (κ3) is 1.86. The van der Waals surface area contributed by atoms with Gasteiger partial charge in [0.1, 0.15) is 4.88 Å². The number of carbonyl (C=O) groups is 2. The van der Waals surface area contributed by atoms with Gasteiger partial charge in [-0.2, -0.15) is 0 Å². The highest BCUT2D eigenvalue weighted by atomic mass is 32.1. The second-order valence-electron chi connectivity index (χ2n) is 4.15. The van der Waals surface area contributed by atoms with E-state index in [0.717, 1.165) is 12.2 Å². The molecule has 92 valence electrons. The predicted octanol–water partition coefficient (Wildman–Crippen LogP) is 2.42. The topological polar surface area (TPSA) is 48.3 Å². The SMILES string of the molecule is O=C(OC(=O)C1CCn2cccc21)c1cccs1. The molecule has 3 heterocycles. The normalized spacial score (nSPS) is 17.4. The molecule has 2 aromatic heterocycles. The van der Waals surface area contributed by atoms with Crippen LogP contribution in [0.3, 0.4) is 0 Å². The maximum Gasteiger partial charge on any atom is 0.355 e. The fraction of sp³-hybridized carbons (Fsp3) is 0.231. The molecule has 0 aliphatic carbocycles. The van der Waals surface area contributed by atoms with Gasteiger partial charge in [-0.25, -0.2) is 4.79 Å². The van der Waals surface area contributed by atoms with Crippen molar-refractivity contribution in [1.82, 2.24) is 4.57 Å². The van der Waals surface area contributed by atoms with Crippen LogP contribution in [-0.4, -0.2) is 16.5 Å². The Bertz CT molecular complexity index is 585. The van der Waals surface area contributed by atoms with Crippen molar-refractivity contribution >= 4 is 23.3 Å². The molecule has 3 rings (SSSR count). The highest BCUT2D eigenvalue weighted by Gasteiger charge is 2.31. The first-order valence-corrected chi connectivity index (χ1v) is 6.58. The van der Waals surface area contributed by atoms with Gasteiger partial charge in [-0.15, -0.1) is 11.3 Å². The van der Waals surface area contributed by atoms with Crippen LogP contribution in [0.2, 0.25) is 0 Å². The maximum atomic E-state index is 12.0. The fourth-order valence-electron chi connectivity index (χ4n) is 2.21. The molecule has 1 unspecified atom stereocenters. The van der Waals surface area contributed by atoms with Gasteiger partial charge in [0.15, 0.2) is 0 Å². The smallest absolute Gasteiger partial charge is 0.355 e. The van der Waals surface area contributed by atoms with Crippen LogP contribution in [0.5, 0.6) is 0 Å². The van der Waals surface area contributed by atoms with Crippen LogP contribution in [-0.2, 0) is 16.1 Å². The number of fused-ring (bicyclic) bond motifs is 1. The summed E-state index contributed by atoms with van der Waals surface area (Å²) in [6, 6.07) is 7.20. The average Bonchev–Trinajstić information content (AvgIpc) is 3.06. The number of esters is 2. The Morgan fingerprint density at radius 2 is 2.22 bits per heavy atom. The van der Waals surface area contributed by atoms with E-state index in [4.69, 9.17) is 4.74 Å². The van der Waals surface area contributed by atoms with Crippen LogP contribution >= 0.6 is 11.3 Å². The Labute approximate surface area is 108 Å². The van der Waals surface area contributed by atoms with E-state index < -0.39 is 11.9 Å². The van der Waals surface area contributed by atoms with Crippen LogP contribution in [0.25, 0.3) is 0 Å². The Morgan fingerprint density at radius 1 is 1.33 bits per heavy atom. The number of hydrogen-bond acceptors (Lipinski definition) is 4. The molecular formula is C13H11NO3S. The maximum absolute atomic E-state index is 12.0. The lowest BCUT2D eigenvalue weighted by atomic mass is 10.1. The summed E-state index contributed by atoms with van der Waals surface area (Å²) < 4.78 is 6.94. The van der Waals surface area contributed by atoms with Crippen LogP contribution in [0.4, 0.5) is 0 Å². The van der Waals surface area contributed by atoms with Crippen molar-refractivity contribution in [3.8, 4) is 0 Å². The highest BCUT2D eigenvalue weighted by molar-refractivity contribution is 7.12. The highest BCUT2D eigenvalue weighted by Crippen LogP contribution is 2.29. The number of aromatic nitrogens is 1. The van der Waals surface area contributed by atoms with E-state index in [0.29, 0.717) is 11.3 Å². The van der Waals surface area contributed by atoms with E-state index >= 15 is 0 Å². The molecule has 5 heteroatoms. The molecule has 0 bridgehead atoms. The quantitative estimate of drug-likeness (QED) is 0.616. The van der Waals surface area contributed by atoms with Crippen molar-refractivity contribution in [1.29, 1.82) is 0 Å². The van der Waals surface area contributed by atoms with E-state index in [1.165, 1.54) is 11.3 Å². The number of carbonyl (C=O) groups excluding carboxylic acids is 2. The minimum Gasteiger partial charge on any atom is -0.388 e. The number of rotatable bonds is 2. The monoisotopic (exact) mass is 261 g/mol. The third-order valence-corrected chi connectivity index (χ3v) is 3.93. The van der Waals surface area contributed by atoms with Gasteiger partial charge < -0.3 is 9.30 Å². The Balaban J connectivity index is 1.72. The fourth-order valence-corrected chi connectivity index (χ4v) is 2.81. The van der Waals surface area contributed by atoms with Crippen molar-refractivity contribution in [2.24, 2.45) is 0 Å². The van der Waals surface area contributed by atoms with Gasteiger partial charge >= 0.3 is 11.9 Å². The Morgan fingerprint density at radius 3 is 3.00 bits per heavy atom. The molecule has 0 radical (unpaired) electrons. The van der Waals surface area contributed by atoms with E-state index in [9.17, 15) is 9.59 Å². The van der Waals surface area contributed by atoms with E-state index in [2.05, 4.69) is 0 Å². The molecule has 0 amide bonds. The predicted molar refractivity (Wildman–Crippen MR) is 66.5 cm³/mol. The summed E-state index contributed by atoms with van der Waals surface area (Å²) in [6.45, 7) is 0.801. The zero-order valence-electron chi connectivity index (χ0n) is 9.54. The van der Waals surface area contributed by atoms with Crippen molar-refractivity contribution in [2.75, 3.05) is 0 Å². The van der Waals surface area contributed by atoms with Gasteiger partial charge in [-0.1, -0.05) is 6.07 Å². The summed E-state index contributed by atoms with van der Waals surface area (Å²) in [4.78, 5) is 24.1. The number of nitrogens with zero attached hydrogens (tertiary/aromatic N) is 1. The minimum absolute atomic E-state index is 0.316. The van der Waals surface area contributed by atoms with Crippen molar-refractivity contribution in [3.63, 3.8) is 0 Å². The van der Waals surface area contributed by atoms with Crippen LogP contribution in [0.1, 0.15) is 27.7 Å². The number of thiophene rings is 1. The van der Waals surface area contributed by atoms with Gasteiger partial charge in [0, 0.05) is 18.4 Å². The average molecular weight is 261 g/mol. The molecule has 0 N–H and O–H groups in total. The Kier molecular flexibility index (Phi) is 2.76. The summed E-state index contributed by atoms with van der Waals surface area (Å²) >= 11 is 1.27. The van der Waals surface area contributed by atoms with Gasteiger partial charge in [0.05, 0.1) is 5.92 Å². The summed E-state index contributed by atoms with van der Waals surface area (Å²) in [5.41, 5.74) is 0.930.